The van der Waals surface area contributed by atoms with Gasteiger partial charge in [-0.3, -0.25) is 4.84 Å². The summed E-state index contributed by atoms with van der Waals surface area (Å²) in [5.41, 5.74) is 4.68. The molecule has 8 heteroatoms. The number of hydrogen-bond donors (Lipinski definition) is 2. The summed E-state index contributed by atoms with van der Waals surface area (Å²) in [5, 5.41) is 12.0. The molecule has 144 valence electrons. The molecule has 0 radical (unpaired) electrons. The first-order chi connectivity index (χ1) is 13.5. The van der Waals surface area contributed by atoms with Gasteiger partial charge in [-0.05, 0) is 36.6 Å². The van der Waals surface area contributed by atoms with Gasteiger partial charge in [0, 0.05) is 18.3 Å². The van der Waals surface area contributed by atoms with Crippen LogP contribution in [-0.4, -0.2) is 27.9 Å². The van der Waals surface area contributed by atoms with Crippen molar-refractivity contribution in [3.63, 3.8) is 0 Å². The van der Waals surface area contributed by atoms with Gasteiger partial charge >= 0.3 is 6.03 Å². The second-order valence-electron chi connectivity index (χ2n) is 6.81. The number of nitrogens with one attached hydrogen (secondary N) is 2. The number of nitrogens with zero attached hydrogens (tertiary/aromatic N) is 3. The summed E-state index contributed by atoms with van der Waals surface area (Å²) in [6.07, 6.45) is 2.10. The molecule has 28 heavy (non-hydrogen) atoms. The molecule has 7 nitrogen and oxygen atoms in total. The first-order valence-electron chi connectivity index (χ1n) is 8.90. The van der Waals surface area contributed by atoms with Gasteiger partial charge in [0.1, 0.15) is 5.82 Å². The highest BCUT2D eigenvalue weighted by molar-refractivity contribution is 6.33. The summed E-state index contributed by atoms with van der Waals surface area (Å²) in [6.45, 7) is 0. The average Bonchev–Trinajstić information content (AvgIpc) is 3.40. The van der Waals surface area contributed by atoms with E-state index in [4.69, 9.17) is 11.6 Å². The van der Waals surface area contributed by atoms with E-state index in [1.54, 1.807) is 12.1 Å². The van der Waals surface area contributed by atoms with Crippen LogP contribution in [0.3, 0.4) is 0 Å². The van der Waals surface area contributed by atoms with Gasteiger partial charge < -0.3 is 9.88 Å². The zero-order chi connectivity index (χ0) is 19.7. The van der Waals surface area contributed by atoms with E-state index >= 15 is 0 Å². The summed E-state index contributed by atoms with van der Waals surface area (Å²) in [4.78, 5) is 16.1. The molecule has 2 aromatic carbocycles. The predicted octanol–water partition coefficient (Wildman–Crippen LogP) is 3.90. The number of aromatic nitrogens is 3. The van der Waals surface area contributed by atoms with Gasteiger partial charge in [0.15, 0.2) is 5.82 Å². The third-order valence-corrected chi connectivity index (χ3v) is 5.35. The van der Waals surface area contributed by atoms with Crippen LogP contribution in [0.5, 0.6) is 0 Å². The van der Waals surface area contributed by atoms with Crippen LogP contribution in [0.15, 0.2) is 48.5 Å². The summed E-state index contributed by atoms with van der Waals surface area (Å²) < 4.78 is 2.01. The summed E-state index contributed by atoms with van der Waals surface area (Å²) in [6, 6.07) is 15.2. The molecule has 0 bridgehead atoms. The van der Waals surface area contributed by atoms with Gasteiger partial charge in [-0.1, -0.05) is 41.9 Å². The molecule has 0 spiro atoms. The Morgan fingerprint density at radius 1 is 1.18 bits per heavy atom. The lowest BCUT2D eigenvalue weighted by Crippen LogP contribution is -2.27. The molecule has 0 saturated heterocycles. The van der Waals surface area contributed by atoms with E-state index in [2.05, 4.69) is 50.1 Å². The zero-order valence-corrected chi connectivity index (χ0v) is 16.3. The molecular formula is C20H20ClN5O2. The van der Waals surface area contributed by atoms with E-state index < -0.39 is 6.03 Å². The van der Waals surface area contributed by atoms with E-state index in [-0.39, 0.29) is 5.41 Å². The second-order valence-corrected chi connectivity index (χ2v) is 7.22. The molecule has 0 atom stereocenters. The maximum absolute atomic E-state index is 11.6. The van der Waals surface area contributed by atoms with Gasteiger partial charge in [-0.2, -0.15) is 0 Å². The Kier molecular flexibility index (Phi) is 4.78. The van der Waals surface area contributed by atoms with Crippen molar-refractivity contribution < 1.29 is 9.63 Å². The van der Waals surface area contributed by atoms with E-state index in [1.165, 1.54) is 12.7 Å². The topological polar surface area (TPSA) is 81.1 Å². The number of amides is 2. The SMILES string of the molecule is CONC(=O)Nc1ccc(-c2nnc(C3(c4ccccc4)CC3)n2C)c(Cl)c1. The normalized spacial score (nSPS) is 14.5. The number of carbonyl (C=O) groups is 1. The van der Waals surface area contributed by atoms with Gasteiger partial charge in [0.2, 0.25) is 0 Å². The molecule has 1 saturated carbocycles. The molecule has 2 N–H and O–H groups in total. The molecule has 2 amide bonds. The van der Waals surface area contributed by atoms with Crippen molar-refractivity contribution in [3.05, 3.63) is 64.9 Å². The maximum atomic E-state index is 11.6. The number of halogens is 1. The van der Waals surface area contributed by atoms with Crippen LogP contribution in [0.2, 0.25) is 5.02 Å². The molecule has 1 aliphatic rings. The van der Waals surface area contributed by atoms with Crippen LogP contribution in [0.1, 0.15) is 24.2 Å². The number of anilines is 1. The predicted molar refractivity (Wildman–Crippen MR) is 107 cm³/mol. The fraction of sp³-hybridized carbons (Fsp3) is 0.250. The minimum Gasteiger partial charge on any atom is -0.313 e. The monoisotopic (exact) mass is 397 g/mol. The van der Waals surface area contributed by atoms with Crippen LogP contribution in [0, 0.1) is 0 Å². The lowest BCUT2D eigenvalue weighted by Gasteiger charge is -2.15. The molecule has 1 heterocycles. The zero-order valence-electron chi connectivity index (χ0n) is 15.6. The molecule has 4 rings (SSSR count). The first-order valence-corrected chi connectivity index (χ1v) is 9.28. The van der Waals surface area contributed by atoms with Crippen molar-refractivity contribution in [2.75, 3.05) is 12.4 Å². The molecule has 1 fully saturated rings. The van der Waals surface area contributed by atoms with E-state index in [1.807, 2.05) is 23.7 Å². The quantitative estimate of drug-likeness (QED) is 0.640. The minimum absolute atomic E-state index is 0.0759. The molecule has 0 aliphatic heterocycles. The second kappa shape index (κ2) is 7.26. The van der Waals surface area contributed by atoms with Crippen molar-refractivity contribution in [3.8, 4) is 11.4 Å². The van der Waals surface area contributed by atoms with Crippen LogP contribution < -0.4 is 10.8 Å². The van der Waals surface area contributed by atoms with E-state index in [0.717, 1.165) is 24.2 Å². The third kappa shape index (κ3) is 3.23. The summed E-state index contributed by atoms with van der Waals surface area (Å²) in [7, 11) is 3.32. The van der Waals surface area contributed by atoms with Crippen LogP contribution in [0.25, 0.3) is 11.4 Å². The van der Waals surface area contributed by atoms with Crippen LogP contribution in [-0.2, 0) is 17.3 Å². The number of hydroxylamine groups is 1. The fourth-order valence-electron chi connectivity index (χ4n) is 3.53. The molecular weight excluding hydrogens is 378 g/mol. The summed E-state index contributed by atoms with van der Waals surface area (Å²) >= 11 is 6.47. The molecule has 1 aromatic heterocycles. The standard InChI is InChI=1S/C20H20ClN5O2/c1-26-17(15-9-8-14(12-16(15)21)22-19(27)25-28-2)23-24-18(26)20(10-11-20)13-6-4-3-5-7-13/h3-9,12H,10-11H2,1-2H3,(H2,22,25,27). The van der Waals surface area contributed by atoms with Crippen molar-refractivity contribution in [2.24, 2.45) is 7.05 Å². The first kappa shape index (κ1) is 18.5. The van der Waals surface area contributed by atoms with E-state index in [9.17, 15) is 4.79 Å². The lowest BCUT2D eigenvalue weighted by atomic mass is 9.95. The molecule has 1 aliphatic carbocycles. The Hall–Kier alpha value is -2.90. The van der Waals surface area contributed by atoms with Gasteiger partial charge in [-0.25, -0.2) is 10.3 Å². The Morgan fingerprint density at radius 2 is 1.93 bits per heavy atom. The smallest absolute Gasteiger partial charge is 0.313 e. The van der Waals surface area contributed by atoms with Gasteiger partial charge in [0.25, 0.3) is 0 Å². The fourth-order valence-corrected chi connectivity index (χ4v) is 3.79. The van der Waals surface area contributed by atoms with Gasteiger partial charge in [0.05, 0.1) is 17.5 Å². The lowest BCUT2D eigenvalue weighted by molar-refractivity contribution is 0.114. The Morgan fingerprint density at radius 3 is 2.57 bits per heavy atom. The summed E-state index contributed by atoms with van der Waals surface area (Å²) in [5.74, 6) is 1.63. The molecule has 3 aromatic rings. The van der Waals surface area contributed by atoms with Crippen molar-refractivity contribution in [1.29, 1.82) is 0 Å². The largest absolute Gasteiger partial charge is 0.343 e. The van der Waals surface area contributed by atoms with Crippen molar-refractivity contribution in [2.45, 2.75) is 18.3 Å². The maximum Gasteiger partial charge on any atom is 0.343 e. The Labute approximate surface area is 167 Å². The number of hydrogen-bond acceptors (Lipinski definition) is 4. The number of urea groups is 1. The highest BCUT2D eigenvalue weighted by Gasteiger charge is 2.49. The average molecular weight is 398 g/mol. The minimum atomic E-state index is -0.481. The molecule has 0 unspecified atom stereocenters. The number of carbonyl (C=O) groups excluding carboxylic acids is 1. The Bertz CT molecular complexity index is 1010. The highest BCUT2D eigenvalue weighted by atomic mass is 35.5. The highest BCUT2D eigenvalue weighted by Crippen LogP contribution is 2.53. The number of benzene rings is 2. The third-order valence-electron chi connectivity index (χ3n) is 5.04. The number of rotatable bonds is 5. The van der Waals surface area contributed by atoms with Gasteiger partial charge in [-0.15, -0.1) is 10.2 Å². The van der Waals surface area contributed by atoms with Crippen LogP contribution >= 0.6 is 11.6 Å². The van der Waals surface area contributed by atoms with Crippen LogP contribution in [0.4, 0.5) is 10.5 Å². The Balaban J connectivity index is 1.64. The van der Waals surface area contributed by atoms with E-state index in [0.29, 0.717) is 16.5 Å². The van der Waals surface area contributed by atoms with Crippen molar-refractivity contribution in [1.82, 2.24) is 20.2 Å². The van der Waals surface area contributed by atoms with Crippen molar-refractivity contribution >= 4 is 23.3 Å².